The molecule has 0 radical (unpaired) electrons. The molecular weight excluding hydrogens is 1550 g/mol. The molecule has 12 aromatic carbocycles. The van der Waals surface area contributed by atoms with E-state index < -0.39 is 0 Å². The fourth-order valence-electron chi connectivity index (χ4n) is 16.5. The van der Waals surface area contributed by atoms with Gasteiger partial charge >= 0.3 is 614 Å². The van der Waals surface area contributed by atoms with Gasteiger partial charge < -0.3 is 0 Å². The van der Waals surface area contributed by atoms with E-state index in [1.54, 1.807) is 0 Å². The van der Waals surface area contributed by atoms with E-state index in [0.29, 0.717) is 71.6 Å². The van der Waals surface area contributed by atoms with Crippen molar-refractivity contribution >= 4 is 19.4 Å². The molecule has 12 aromatic rings. The zero-order chi connectivity index (χ0) is 85.6. The number of ether oxygens (including phenoxy) is 7. The summed E-state index contributed by atoms with van der Waals surface area (Å²) in [4.78, 5) is 0. The minimum absolute atomic E-state index is 0.0178. The van der Waals surface area contributed by atoms with Gasteiger partial charge in [0.05, 0.1) is 0 Å². The SMILES string of the molecule is CCCC[Se]c1c2cc(OCc3ccccc3)cc1COc1c3cc(C(C)(C)C)cc1Cc1cc(C(C)(C)C)cc(c1OCc1ccccc1)Cc1cc(C(C)(C)C)cc(c1OCc1ccccc1)Cc1cc(C(C)(C)C)cc(c1OC2)Cc1cc(C(C)(C)C)cc(c1OCc1ccccc1)Cc1cc(C(C)(C)C)cc(c1OCc1ccccc1)C3. The summed E-state index contributed by atoms with van der Waals surface area (Å²) in [5, 5.41) is 1.04. The Hall–Kier alpha value is -10.2. The topological polar surface area (TPSA) is 64.6 Å². The third-order valence-electron chi connectivity index (χ3n) is 23.8. The van der Waals surface area contributed by atoms with Crippen LogP contribution in [0.1, 0.15) is 283 Å². The Labute approximate surface area is 730 Å². The van der Waals surface area contributed by atoms with Crippen LogP contribution in [0.5, 0.6) is 40.2 Å². The Morgan fingerprint density at radius 2 is 0.463 bits per heavy atom. The van der Waals surface area contributed by atoms with E-state index in [9.17, 15) is 0 Å². The summed E-state index contributed by atoms with van der Waals surface area (Å²) in [6.45, 7) is 47.0. The number of rotatable bonds is 19. The molecule has 0 fully saturated rings. The third-order valence-corrected chi connectivity index (χ3v) is 26.5. The molecule has 2 aliphatic rings. The van der Waals surface area contributed by atoms with Crippen LogP contribution in [0.4, 0.5) is 0 Å². The van der Waals surface area contributed by atoms with Gasteiger partial charge in [-0.15, -0.1) is 0 Å². The Bertz CT molecular complexity index is 5000. The van der Waals surface area contributed by atoms with Crippen LogP contribution in [0.15, 0.2) is 237 Å². The van der Waals surface area contributed by atoms with E-state index in [1.165, 1.54) is 37.8 Å². The fraction of sp³-hybridized carbons (Fsp3) is 0.363. The van der Waals surface area contributed by atoms with Crippen LogP contribution in [0.2, 0.25) is 5.32 Å². The van der Waals surface area contributed by atoms with Gasteiger partial charge in [-0.25, -0.2) is 0 Å². The van der Waals surface area contributed by atoms with Gasteiger partial charge in [-0.2, -0.15) is 0 Å². The average molecular weight is 1680 g/mol. The van der Waals surface area contributed by atoms with Gasteiger partial charge in [-0.3, -0.25) is 0 Å². The van der Waals surface area contributed by atoms with Gasteiger partial charge in [0.25, 0.3) is 0 Å². The molecule has 0 spiro atoms. The molecule has 7 nitrogen and oxygen atoms in total. The Kier molecular flexibility index (Phi) is 26.5. The first kappa shape index (κ1) is 87.1. The second kappa shape index (κ2) is 36.8. The van der Waals surface area contributed by atoms with Gasteiger partial charge in [0.15, 0.2) is 0 Å². The van der Waals surface area contributed by atoms with E-state index >= 15 is 0 Å². The predicted molar refractivity (Wildman–Crippen MR) is 502 cm³/mol. The summed E-state index contributed by atoms with van der Waals surface area (Å²) in [7, 11) is 0. The Balaban J connectivity index is 1.18. The van der Waals surface area contributed by atoms with E-state index in [4.69, 9.17) is 33.2 Å². The normalized spacial score (nSPS) is 13.4. The number of benzene rings is 12. The summed E-state index contributed by atoms with van der Waals surface area (Å²) < 4.78 is 55.6. The molecule has 0 saturated carbocycles. The molecule has 0 aliphatic carbocycles. The van der Waals surface area contributed by atoms with Crippen molar-refractivity contribution in [3.63, 3.8) is 0 Å². The van der Waals surface area contributed by atoms with E-state index in [-0.39, 0.29) is 60.7 Å². The molecular formula is C113H128O7Se. The van der Waals surface area contributed by atoms with E-state index in [0.717, 1.165) is 164 Å². The monoisotopic (exact) mass is 1680 g/mol. The maximum absolute atomic E-state index is 8.18. The summed E-state index contributed by atoms with van der Waals surface area (Å²) in [6.07, 6.45) is 5.14. The van der Waals surface area contributed by atoms with Crippen molar-refractivity contribution in [2.75, 3.05) is 0 Å². The summed E-state index contributed by atoms with van der Waals surface area (Å²) >= 11 is -0.0178. The van der Waals surface area contributed by atoms with Crippen LogP contribution in [0, 0.1) is 0 Å². The first-order valence-electron chi connectivity index (χ1n) is 44.0. The Morgan fingerprint density at radius 1 is 0.256 bits per heavy atom. The molecule has 12 bridgehead atoms. The van der Waals surface area contributed by atoms with Crippen molar-refractivity contribution in [1.29, 1.82) is 0 Å². The van der Waals surface area contributed by atoms with Crippen molar-refractivity contribution in [1.82, 2.24) is 0 Å². The minimum atomic E-state index is -0.312. The molecule has 2 heterocycles. The van der Waals surface area contributed by atoms with Crippen molar-refractivity contribution < 1.29 is 33.2 Å². The third kappa shape index (κ3) is 21.8. The van der Waals surface area contributed by atoms with Crippen molar-refractivity contribution in [3.05, 3.63) is 376 Å². The molecule has 14 rings (SSSR count). The van der Waals surface area contributed by atoms with Crippen molar-refractivity contribution in [2.45, 2.75) is 267 Å². The standard InChI is InChI=1S/C113H128O7Se/c1-20-21-47-121-107-92-66-100(114-68-75-37-27-22-28-38-75)67-93(107)74-120-106-90-51-85-59-95(109(5,6)7)55-81(102(85)116-70-77-41-31-24-32-42-77)48-80-54-94(108(2,3)4)58-84(101(80)115-69-76-39-29-23-30-40-76)50-88-62-98(112(14,15)16)63-89(105(88)119-73-92)52-86-60-96(110(8,9)10)56-82(103(86)117-71-78-43-33-25-34-44-78)49-83-57-97(111(11,12)13)61-87(53-91(106)65-99(64-90)113(17,18)19)104(83)118-72-79-45-35-26-36-46-79/h22-46,54-67H,20-21,47-53,68-74H2,1-19H3. The van der Waals surface area contributed by atoms with Crippen molar-refractivity contribution in [3.8, 4) is 40.2 Å². The van der Waals surface area contributed by atoms with Gasteiger partial charge in [0, 0.05) is 0 Å². The average Bonchev–Trinajstić information content (AvgIpc) is 0.763. The first-order chi connectivity index (χ1) is 57.6. The molecule has 0 unspecified atom stereocenters. The predicted octanol–water partition coefficient (Wildman–Crippen LogP) is 27.2. The second-order valence-electron chi connectivity index (χ2n) is 40.0. The van der Waals surface area contributed by atoms with Crippen molar-refractivity contribution in [2.24, 2.45) is 0 Å². The zero-order valence-electron chi connectivity index (χ0n) is 75.6. The molecule has 0 amide bonds. The van der Waals surface area contributed by atoms with Crippen LogP contribution in [0.3, 0.4) is 0 Å². The van der Waals surface area contributed by atoms with Gasteiger partial charge in [-0.1, -0.05) is 121 Å². The number of fused-ring (bicyclic) bond motifs is 10. The molecule has 0 aromatic heterocycles. The van der Waals surface area contributed by atoms with Crippen LogP contribution in [-0.4, -0.2) is 15.0 Å². The second-order valence-corrected chi connectivity index (χ2v) is 42.3. The van der Waals surface area contributed by atoms with E-state index in [2.05, 4.69) is 368 Å². The zero-order valence-corrected chi connectivity index (χ0v) is 77.3. The molecule has 2 aliphatic heterocycles. The first-order valence-corrected chi connectivity index (χ1v) is 46.1. The number of hydrogen-bond acceptors (Lipinski definition) is 7. The number of unbranched alkanes of at least 4 members (excludes halogenated alkanes) is 1. The quantitative estimate of drug-likeness (QED) is 0.0590. The van der Waals surface area contributed by atoms with Crippen LogP contribution in [0.25, 0.3) is 0 Å². The fourth-order valence-corrected chi connectivity index (χ4v) is 19.1. The van der Waals surface area contributed by atoms with E-state index in [1.807, 2.05) is 0 Å². The molecule has 121 heavy (non-hydrogen) atoms. The van der Waals surface area contributed by atoms with Gasteiger partial charge in [0.1, 0.15) is 0 Å². The van der Waals surface area contributed by atoms with Gasteiger partial charge in [-0.05, 0) is 0 Å². The maximum atomic E-state index is 8.18. The summed E-state index contributed by atoms with van der Waals surface area (Å²) in [5.74, 6) is 5.91. The molecule has 0 N–H and O–H groups in total. The van der Waals surface area contributed by atoms with Crippen LogP contribution in [-0.2, 0) is 117 Å². The molecule has 0 saturated heterocycles. The van der Waals surface area contributed by atoms with Gasteiger partial charge in [0.2, 0.25) is 0 Å². The van der Waals surface area contributed by atoms with Crippen LogP contribution >= 0.6 is 0 Å². The van der Waals surface area contributed by atoms with Crippen LogP contribution < -0.4 is 37.6 Å². The number of hydrogen-bond donors (Lipinski definition) is 0. The summed E-state index contributed by atoms with van der Waals surface area (Å²) in [5.41, 5.74) is 26.1. The molecule has 8 heteroatoms. The molecule has 628 valence electrons. The Morgan fingerprint density at radius 3 is 0.678 bits per heavy atom. The summed E-state index contributed by atoms with van der Waals surface area (Å²) in [6, 6.07) is 87.4. The molecule has 0 atom stereocenters.